The maximum Gasteiger partial charge on any atom is 0.223 e. The summed E-state index contributed by atoms with van der Waals surface area (Å²) in [5.74, 6) is -0.579. The van der Waals surface area contributed by atoms with Crippen LogP contribution in [0, 0.1) is 0 Å². The Hall–Kier alpha value is -1.05. The smallest absolute Gasteiger partial charge is 0.223 e. The monoisotopic (exact) mass is 555 g/mol. The van der Waals surface area contributed by atoms with Gasteiger partial charge in [-0.25, -0.2) is 0 Å². The van der Waals surface area contributed by atoms with Gasteiger partial charge in [-0.3, -0.25) is 4.79 Å². The minimum atomic E-state index is -1.73. The minimum Gasteiger partial charge on any atom is -0.390 e. The fourth-order valence-electron chi connectivity index (χ4n) is 4.73. The van der Waals surface area contributed by atoms with Crippen LogP contribution in [0.3, 0.4) is 0 Å². The van der Waals surface area contributed by atoms with Crippen LogP contribution in [0.4, 0.5) is 0 Å². The molecule has 15 atom stereocenters. The molecule has 0 bridgehead atoms. The molecule has 15 nitrogen and oxygen atoms in total. The van der Waals surface area contributed by atoms with Crippen molar-refractivity contribution >= 4 is 5.91 Å². The first-order chi connectivity index (χ1) is 17.5. The van der Waals surface area contributed by atoms with E-state index in [4.69, 9.17) is 23.7 Å². The Morgan fingerprint density at radius 3 is 1.74 bits per heavy atom. The van der Waals surface area contributed by atoms with Crippen LogP contribution < -0.4 is 5.32 Å². The van der Waals surface area contributed by atoms with Gasteiger partial charge in [0, 0.05) is 0 Å². The third kappa shape index (κ3) is 6.98. The number of rotatable bonds is 7. The molecule has 3 heterocycles. The molecule has 0 aromatic rings. The Kier molecular flexibility index (Phi) is 10.1. The number of hydrogen-bond acceptors (Lipinski definition) is 14. The number of carbonyl (C=O) groups is 1. The number of ether oxygens (including phenoxy) is 5. The van der Waals surface area contributed by atoms with Crippen LogP contribution in [0.25, 0.3) is 0 Å². The van der Waals surface area contributed by atoms with E-state index in [0.717, 1.165) is 0 Å². The minimum absolute atomic E-state index is 0.259. The lowest BCUT2D eigenvalue weighted by Gasteiger charge is -2.48. The molecule has 3 aliphatic rings. The summed E-state index contributed by atoms with van der Waals surface area (Å²) < 4.78 is 27.4. The van der Waals surface area contributed by atoms with Crippen LogP contribution in [0.15, 0.2) is 0 Å². The van der Waals surface area contributed by atoms with Crippen LogP contribution in [0.2, 0.25) is 0 Å². The molecule has 0 unspecified atom stereocenters. The van der Waals surface area contributed by atoms with E-state index < -0.39 is 104 Å². The molecule has 15 heteroatoms. The molecule has 0 saturated carbocycles. The number of aliphatic hydroxyl groups is 8. The number of aliphatic hydroxyl groups excluding tert-OH is 7. The van der Waals surface area contributed by atoms with E-state index in [0.29, 0.717) is 0 Å². The molecule has 0 aliphatic carbocycles. The van der Waals surface area contributed by atoms with Crippen molar-refractivity contribution in [1.29, 1.82) is 0 Å². The largest absolute Gasteiger partial charge is 0.390 e. The van der Waals surface area contributed by atoms with Gasteiger partial charge in [-0.15, -0.1) is 0 Å². The van der Waals surface area contributed by atoms with Crippen molar-refractivity contribution in [2.75, 3.05) is 0 Å². The Morgan fingerprint density at radius 2 is 1.18 bits per heavy atom. The standard InChI is InChI=1S/C23H41NO14/c1-7-11(24-10(25)6-23(4,5)33)14(28)15(29)21(35-7)38-19-13(27)9(3)36-22(17(19)31)37-18-12(26)8(2)34-20(32)16(18)30/h7-9,11-22,26-33H,6H2,1-5H3,(H,24,25)/t7-,8+,9+,11-,12+,13+,14+,15-,16-,17-,18-,19-,20-,21+,22+/m1/s1. The highest BCUT2D eigenvalue weighted by Gasteiger charge is 2.52. The summed E-state index contributed by atoms with van der Waals surface area (Å²) in [6.07, 6.45) is -20.3. The summed E-state index contributed by atoms with van der Waals surface area (Å²) in [6.45, 7) is 7.28. The average molecular weight is 556 g/mol. The zero-order valence-corrected chi connectivity index (χ0v) is 21.9. The third-order valence-electron chi connectivity index (χ3n) is 6.94. The highest BCUT2D eigenvalue weighted by Crippen LogP contribution is 2.32. The predicted molar refractivity (Wildman–Crippen MR) is 124 cm³/mol. The van der Waals surface area contributed by atoms with E-state index in [1.165, 1.54) is 34.6 Å². The van der Waals surface area contributed by atoms with Crippen molar-refractivity contribution in [1.82, 2.24) is 5.32 Å². The molecular weight excluding hydrogens is 514 g/mol. The second-order valence-corrected chi connectivity index (χ2v) is 10.9. The van der Waals surface area contributed by atoms with E-state index in [-0.39, 0.29) is 6.42 Å². The third-order valence-corrected chi connectivity index (χ3v) is 6.94. The highest BCUT2D eigenvalue weighted by molar-refractivity contribution is 5.77. The Bertz CT molecular complexity index is 783. The maximum atomic E-state index is 12.2. The summed E-state index contributed by atoms with van der Waals surface area (Å²) in [7, 11) is 0. The zero-order valence-electron chi connectivity index (χ0n) is 21.9. The molecule has 1 amide bonds. The van der Waals surface area contributed by atoms with Crippen LogP contribution >= 0.6 is 0 Å². The Morgan fingerprint density at radius 1 is 0.711 bits per heavy atom. The number of carbonyl (C=O) groups excluding carboxylic acids is 1. The van der Waals surface area contributed by atoms with E-state index in [9.17, 15) is 45.6 Å². The fourth-order valence-corrected chi connectivity index (χ4v) is 4.73. The molecule has 0 aromatic carbocycles. The highest BCUT2D eigenvalue weighted by atomic mass is 16.7. The van der Waals surface area contributed by atoms with E-state index in [2.05, 4.69) is 5.32 Å². The second-order valence-electron chi connectivity index (χ2n) is 10.9. The van der Waals surface area contributed by atoms with E-state index in [1.54, 1.807) is 0 Å². The SMILES string of the molecule is C[C@@H]1O[C@@H](O)[C@H](O)[C@H](O[C@@H]2O[C@@H](C)[C@H](O)[C@@H](O[C@@H]3O[C@H](C)[C@@H](NC(=O)CC(C)(C)O)[C@H](O)[C@H]3O)[C@H]2O)[C@H]1O. The fraction of sp³-hybridized carbons (Fsp3) is 0.957. The molecule has 3 aliphatic heterocycles. The maximum absolute atomic E-state index is 12.2. The van der Waals surface area contributed by atoms with Crippen LogP contribution in [0.1, 0.15) is 41.0 Å². The lowest BCUT2D eigenvalue weighted by atomic mass is 9.95. The van der Waals surface area contributed by atoms with Crippen molar-refractivity contribution in [2.24, 2.45) is 0 Å². The van der Waals surface area contributed by atoms with Gasteiger partial charge >= 0.3 is 0 Å². The molecule has 222 valence electrons. The summed E-state index contributed by atoms with van der Waals surface area (Å²) in [6, 6.07) is -1.05. The van der Waals surface area contributed by atoms with Gasteiger partial charge in [-0.1, -0.05) is 0 Å². The molecule has 3 fully saturated rings. The van der Waals surface area contributed by atoms with Gasteiger partial charge in [0.25, 0.3) is 0 Å². The second kappa shape index (κ2) is 12.2. The van der Waals surface area contributed by atoms with Crippen molar-refractivity contribution in [3.05, 3.63) is 0 Å². The van der Waals surface area contributed by atoms with Gasteiger partial charge < -0.3 is 69.9 Å². The summed E-state index contributed by atoms with van der Waals surface area (Å²) in [4.78, 5) is 12.2. The van der Waals surface area contributed by atoms with Gasteiger partial charge in [0.15, 0.2) is 18.9 Å². The first-order valence-corrected chi connectivity index (χ1v) is 12.6. The van der Waals surface area contributed by atoms with E-state index in [1.807, 2.05) is 0 Å². The number of nitrogens with one attached hydrogen (secondary N) is 1. The lowest BCUT2D eigenvalue weighted by molar-refractivity contribution is -0.370. The molecule has 0 spiro atoms. The lowest BCUT2D eigenvalue weighted by Crippen LogP contribution is -2.67. The molecule has 0 aromatic heterocycles. The van der Waals surface area contributed by atoms with Gasteiger partial charge in [-0.2, -0.15) is 0 Å². The van der Waals surface area contributed by atoms with Gasteiger partial charge in [0.2, 0.25) is 5.91 Å². The average Bonchev–Trinajstić information content (AvgIpc) is 2.81. The Balaban J connectivity index is 1.69. The predicted octanol–water partition coefficient (Wildman–Crippen LogP) is -4.21. The quantitative estimate of drug-likeness (QED) is 0.145. The molecule has 3 saturated heterocycles. The first kappa shape index (κ1) is 31.5. The van der Waals surface area contributed by atoms with Gasteiger partial charge in [0.1, 0.15) is 48.8 Å². The Labute approximate surface area is 219 Å². The molecule has 38 heavy (non-hydrogen) atoms. The van der Waals surface area contributed by atoms with Crippen molar-refractivity contribution in [2.45, 2.75) is 139 Å². The van der Waals surface area contributed by atoms with Crippen LogP contribution in [0.5, 0.6) is 0 Å². The first-order valence-electron chi connectivity index (χ1n) is 12.6. The normalized spacial score (nSPS) is 48.5. The number of amides is 1. The van der Waals surface area contributed by atoms with E-state index >= 15 is 0 Å². The number of hydrogen-bond donors (Lipinski definition) is 9. The topological polar surface area (TPSA) is 237 Å². The molecule has 9 N–H and O–H groups in total. The zero-order chi connectivity index (χ0) is 28.7. The van der Waals surface area contributed by atoms with Crippen molar-refractivity contribution in [3.8, 4) is 0 Å². The molecule has 0 radical (unpaired) electrons. The van der Waals surface area contributed by atoms with Crippen molar-refractivity contribution in [3.63, 3.8) is 0 Å². The van der Waals surface area contributed by atoms with Crippen molar-refractivity contribution < 1.29 is 69.3 Å². The van der Waals surface area contributed by atoms with Gasteiger partial charge in [-0.05, 0) is 34.6 Å². The van der Waals surface area contributed by atoms with Crippen LogP contribution in [-0.4, -0.2) is 144 Å². The molecular formula is C23H41NO14. The van der Waals surface area contributed by atoms with Crippen LogP contribution in [-0.2, 0) is 28.5 Å². The van der Waals surface area contributed by atoms with Gasteiger partial charge in [0.05, 0.1) is 36.4 Å². The summed E-state index contributed by atoms with van der Waals surface area (Å²) in [5, 5.41) is 85.7. The molecule has 3 rings (SSSR count). The summed E-state index contributed by atoms with van der Waals surface area (Å²) >= 11 is 0. The summed E-state index contributed by atoms with van der Waals surface area (Å²) in [5.41, 5.74) is -1.30.